The van der Waals surface area contributed by atoms with Crippen molar-refractivity contribution in [3.05, 3.63) is 54.5 Å². The first kappa shape index (κ1) is 12.6. The summed E-state index contributed by atoms with van der Waals surface area (Å²) in [5.74, 6) is 0.0968. The van der Waals surface area contributed by atoms with Gasteiger partial charge in [-0.2, -0.15) is 5.32 Å². The first-order valence-electron chi connectivity index (χ1n) is 4.80. The zero-order chi connectivity index (χ0) is 10.7. The number of ketones is 1. The van der Waals surface area contributed by atoms with Crippen molar-refractivity contribution in [3.63, 3.8) is 0 Å². The fourth-order valence-electron chi connectivity index (χ4n) is 1.44. The molecule has 3 nitrogen and oxygen atoms in total. The number of nitrogens with zero attached hydrogens (tertiary/aromatic N) is 1. The van der Waals surface area contributed by atoms with E-state index < -0.39 is 0 Å². The predicted molar refractivity (Wildman–Crippen MR) is 57.7 cm³/mol. The van der Waals surface area contributed by atoms with Crippen LogP contribution < -0.4 is 22.3 Å². The molecule has 83 valence electrons. The lowest BCUT2D eigenvalue weighted by Crippen LogP contribution is -3.00. The molecule has 16 heavy (non-hydrogen) atoms. The van der Waals surface area contributed by atoms with E-state index in [0.29, 0.717) is 6.54 Å². The third-order valence-corrected chi connectivity index (χ3v) is 2.20. The number of rotatable bonds is 3. The molecule has 2 rings (SSSR count). The Bertz CT molecular complexity index is 404. The van der Waals surface area contributed by atoms with Crippen LogP contribution in [0.2, 0.25) is 0 Å². The molecular formula is C12H12BrN2O. The zero-order valence-corrected chi connectivity index (χ0v) is 10.5. The first-order chi connectivity index (χ1) is 7.25. The molecule has 0 atom stereocenters. The van der Waals surface area contributed by atoms with Gasteiger partial charge in [0, 0.05) is 5.56 Å². The minimum atomic E-state index is 0. The van der Waals surface area contributed by atoms with Gasteiger partial charge in [0.25, 0.3) is 0 Å². The highest BCUT2D eigenvalue weighted by molar-refractivity contribution is 5.97. The van der Waals surface area contributed by atoms with Gasteiger partial charge in [-0.3, -0.25) is 4.79 Å². The van der Waals surface area contributed by atoms with E-state index in [4.69, 9.17) is 0 Å². The van der Waals surface area contributed by atoms with Crippen molar-refractivity contribution in [2.24, 2.45) is 0 Å². The molecule has 1 radical (unpaired) electrons. The lowest BCUT2D eigenvalue weighted by molar-refractivity contribution is -0.0000110. The standard InChI is InChI=1S/C12H12N2O.BrH/c1-10-3-2-4-11(7-10)12(15)8-14-6-5-13-9-14;/h2-7,13H,8H2,1H3;1H/q+1;/p-1. The molecule has 0 fully saturated rings. The molecule has 0 saturated carbocycles. The summed E-state index contributed by atoms with van der Waals surface area (Å²) in [6, 6.07) is 7.61. The average Bonchev–Trinajstić information content (AvgIpc) is 2.70. The number of halogens is 1. The Labute approximate surface area is 106 Å². The molecule has 1 N–H and O–H groups in total. The maximum atomic E-state index is 11.8. The molecule has 0 bridgehead atoms. The maximum absolute atomic E-state index is 11.8. The molecule has 0 amide bonds. The summed E-state index contributed by atoms with van der Waals surface area (Å²) in [6.45, 7) is 5.13. The van der Waals surface area contributed by atoms with Gasteiger partial charge >= 0.3 is 6.67 Å². The smallest absolute Gasteiger partial charge is 0.562 e. The van der Waals surface area contributed by atoms with Crippen LogP contribution in [0.5, 0.6) is 0 Å². The summed E-state index contributed by atoms with van der Waals surface area (Å²) in [4.78, 5) is 13.5. The van der Waals surface area contributed by atoms with Crippen LogP contribution in [-0.2, 0) is 0 Å². The maximum Gasteiger partial charge on any atom is 0.562 e. The van der Waals surface area contributed by atoms with Gasteiger partial charge in [-0.05, 0) is 13.0 Å². The van der Waals surface area contributed by atoms with E-state index in [2.05, 4.69) is 12.0 Å². The van der Waals surface area contributed by atoms with E-state index in [0.717, 1.165) is 11.1 Å². The Balaban J connectivity index is 0.00000128. The predicted octanol–water partition coefficient (Wildman–Crippen LogP) is -1.45. The summed E-state index contributed by atoms with van der Waals surface area (Å²) in [5.41, 5.74) is 1.85. The van der Waals surface area contributed by atoms with E-state index in [1.165, 1.54) is 0 Å². The quantitative estimate of drug-likeness (QED) is 0.543. The van der Waals surface area contributed by atoms with Crippen molar-refractivity contribution in [1.29, 1.82) is 0 Å². The van der Waals surface area contributed by atoms with Crippen LogP contribution in [0.25, 0.3) is 0 Å². The number of Topliss-reactive ketones (excluding diaryl/α,β-unsaturated/α-hetero) is 1. The van der Waals surface area contributed by atoms with Crippen LogP contribution in [-0.4, -0.2) is 17.2 Å². The summed E-state index contributed by atoms with van der Waals surface area (Å²) in [6.07, 6.45) is 3.53. The van der Waals surface area contributed by atoms with Crippen molar-refractivity contribution in [2.75, 3.05) is 6.54 Å². The van der Waals surface area contributed by atoms with Crippen molar-refractivity contribution in [3.8, 4) is 0 Å². The van der Waals surface area contributed by atoms with Crippen molar-refractivity contribution in [1.82, 2.24) is 10.2 Å². The van der Waals surface area contributed by atoms with E-state index in [1.54, 1.807) is 17.3 Å². The molecule has 0 aromatic heterocycles. The number of carbonyl (C=O) groups is 1. The fourth-order valence-corrected chi connectivity index (χ4v) is 1.44. The Morgan fingerprint density at radius 2 is 2.31 bits per heavy atom. The molecule has 4 heteroatoms. The van der Waals surface area contributed by atoms with Gasteiger partial charge in [-0.1, -0.05) is 23.8 Å². The second kappa shape index (κ2) is 5.61. The van der Waals surface area contributed by atoms with Crippen molar-refractivity contribution < 1.29 is 21.8 Å². The molecule has 1 aliphatic heterocycles. The molecule has 1 heterocycles. The highest BCUT2D eigenvalue weighted by Gasteiger charge is 2.24. The van der Waals surface area contributed by atoms with Gasteiger partial charge in [0.15, 0.2) is 5.78 Å². The fraction of sp³-hybridized carbons (Fsp3) is 0.167. The second-order valence-corrected chi connectivity index (χ2v) is 3.49. The largest absolute Gasteiger partial charge is 1.00 e. The number of benzene rings is 1. The molecule has 0 saturated heterocycles. The zero-order valence-electron chi connectivity index (χ0n) is 8.90. The van der Waals surface area contributed by atoms with Crippen LogP contribution in [0.15, 0.2) is 36.7 Å². The van der Waals surface area contributed by atoms with Crippen LogP contribution in [0.3, 0.4) is 0 Å². The van der Waals surface area contributed by atoms with Gasteiger partial charge in [-0.25, -0.2) is 0 Å². The van der Waals surface area contributed by atoms with Gasteiger partial charge < -0.3 is 17.0 Å². The highest BCUT2D eigenvalue weighted by atomic mass is 79.9. The molecule has 1 aromatic carbocycles. The van der Waals surface area contributed by atoms with Crippen LogP contribution in [0.1, 0.15) is 15.9 Å². The topological polar surface area (TPSA) is 32.3 Å². The number of aryl methyl sites for hydroxylation is 1. The van der Waals surface area contributed by atoms with Gasteiger partial charge in [0.2, 0.25) is 0 Å². The Kier molecular flexibility index (Phi) is 4.43. The Morgan fingerprint density at radius 1 is 1.50 bits per heavy atom. The second-order valence-electron chi connectivity index (χ2n) is 3.49. The number of hydrogen-bond acceptors (Lipinski definition) is 3. The molecule has 0 unspecified atom stereocenters. The third kappa shape index (κ3) is 3.03. The van der Waals surface area contributed by atoms with Gasteiger partial charge in [0.05, 0.1) is 12.4 Å². The van der Waals surface area contributed by atoms with Crippen LogP contribution >= 0.6 is 0 Å². The normalized spacial score (nSPS) is 12.7. The van der Waals surface area contributed by atoms with E-state index >= 15 is 0 Å². The SMILES string of the molecule is Cc1cccc(C(=O)CN2[C+]NC=C2)c1.[Br-]. The number of nitrogens with one attached hydrogen (secondary N) is 1. The highest BCUT2D eigenvalue weighted by Crippen LogP contribution is 2.07. The first-order valence-corrected chi connectivity index (χ1v) is 4.80. The molecule has 1 aliphatic rings. The lowest BCUT2D eigenvalue weighted by Gasteiger charge is -2.02. The molecule has 0 aliphatic carbocycles. The summed E-state index contributed by atoms with van der Waals surface area (Å²) >= 11 is 0. The summed E-state index contributed by atoms with van der Waals surface area (Å²) in [5, 5.41) is 2.78. The van der Waals surface area contributed by atoms with Crippen LogP contribution in [0, 0.1) is 13.6 Å². The molecule has 0 spiro atoms. The minimum absolute atomic E-state index is 0. The molecular weight excluding hydrogens is 268 g/mol. The van der Waals surface area contributed by atoms with Crippen molar-refractivity contribution >= 4 is 5.78 Å². The monoisotopic (exact) mass is 279 g/mol. The van der Waals surface area contributed by atoms with E-state index in [9.17, 15) is 4.79 Å². The lowest BCUT2D eigenvalue weighted by atomic mass is 10.1. The molecule has 1 aromatic rings. The Morgan fingerprint density at radius 3 is 2.94 bits per heavy atom. The average molecular weight is 280 g/mol. The third-order valence-electron chi connectivity index (χ3n) is 2.20. The summed E-state index contributed by atoms with van der Waals surface area (Å²) in [7, 11) is 0. The number of carbonyl (C=O) groups excluding carboxylic acids is 1. The Hall–Kier alpha value is -1.42. The van der Waals surface area contributed by atoms with Crippen molar-refractivity contribution in [2.45, 2.75) is 6.92 Å². The van der Waals surface area contributed by atoms with Gasteiger partial charge in [0.1, 0.15) is 6.54 Å². The van der Waals surface area contributed by atoms with Gasteiger partial charge in [-0.15, -0.1) is 4.90 Å². The number of hydrogen-bond donors (Lipinski definition) is 1. The van der Waals surface area contributed by atoms with E-state index in [1.807, 2.05) is 31.2 Å². The van der Waals surface area contributed by atoms with E-state index in [-0.39, 0.29) is 22.8 Å². The minimum Gasteiger partial charge on any atom is -1.00 e. The van der Waals surface area contributed by atoms with Crippen LogP contribution in [0.4, 0.5) is 0 Å². The summed E-state index contributed by atoms with van der Waals surface area (Å²) < 4.78 is 0.